The Morgan fingerprint density at radius 2 is 1.71 bits per heavy atom. The van der Waals surface area contributed by atoms with Crippen molar-refractivity contribution < 1.29 is 13.2 Å². The second-order valence-corrected chi connectivity index (χ2v) is 10.1. The lowest BCUT2D eigenvalue weighted by Crippen LogP contribution is -2.48. The third-order valence-electron chi connectivity index (χ3n) is 5.85. The maximum absolute atomic E-state index is 13.2. The summed E-state index contributed by atoms with van der Waals surface area (Å²) >= 11 is 0. The third kappa shape index (κ3) is 5.77. The standard InChI is InChI=1S/C23H34N4O3S/c1-18-6-11-22(30-5)23(16-18)31(28,29)24-17-21(27-14-12-26(4)13-15-27)19-7-9-20(10-8-19)25(2)3/h6-11,16,21,24H,12-15,17H2,1-5H3. The third-order valence-corrected chi connectivity index (χ3v) is 7.29. The van der Waals surface area contributed by atoms with Gasteiger partial charge in [-0.1, -0.05) is 18.2 Å². The lowest BCUT2D eigenvalue weighted by molar-refractivity contribution is 0.113. The van der Waals surface area contributed by atoms with Crippen molar-refractivity contribution >= 4 is 15.7 Å². The summed E-state index contributed by atoms with van der Waals surface area (Å²) in [6.07, 6.45) is 0. The van der Waals surface area contributed by atoms with E-state index in [1.165, 1.54) is 7.11 Å². The normalized spacial score (nSPS) is 16.8. The van der Waals surface area contributed by atoms with Crippen molar-refractivity contribution in [2.75, 3.05) is 65.9 Å². The molecule has 170 valence electrons. The number of ether oxygens (including phenoxy) is 1. The van der Waals surface area contributed by atoms with Crippen molar-refractivity contribution in [1.29, 1.82) is 0 Å². The molecule has 0 bridgehead atoms. The zero-order valence-corrected chi connectivity index (χ0v) is 19.9. The average Bonchev–Trinajstić information content (AvgIpc) is 2.75. The Hall–Kier alpha value is -2.13. The van der Waals surface area contributed by atoms with E-state index in [9.17, 15) is 8.42 Å². The van der Waals surface area contributed by atoms with E-state index in [0.717, 1.165) is 43.0 Å². The molecule has 1 fully saturated rings. The van der Waals surface area contributed by atoms with Crippen LogP contribution in [0.3, 0.4) is 0 Å². The number of aryl methyl sites for hydroxylation is 1. The number of likely N-dealkylation sites (N-methyl/N-ethyl adjacent to an activating group) is 1. The SMILES string of the molecule is COc1ccc(C)cc1S(=O)(=O)NCC(c1ccc(N(C)C)cc1)N1CCN(C)CC1. The van der Waals surface area contributed by atoms with Crippen LogP contribution in [0, 0.1) is 6.92 Å². The van der Waals surface area contributed by atoms with Crippen LogP contribution in [0.1, 0.15) is 17.2 Å². The largest absolute Gasteiger partial charge is 0.495 e. The van der Waals surface area contributed by atoms with Gasteiger partial charge in [0, 0.05) is 58.5 Å². The highest BCUT2D eigenvalue weighted by atomic mass is 32.2. The molecule has 31 heavy (non-hydrogen) atoms. The van der Waals surface area contributed by atoms with Gasteiger partial charge in [0.05, 0.1) is 7.11 Å². The topological polar surface area (TPSA) is 65.1 Å². The van der Waals surface area contributed by atoms with Gasteiger partial charge < -0.3 is 14.5 Å². The van der Waals surface area contributed by atoms with Gasteiger partial charge in [-0.05, 0) is 49.4 Å². The fourth-order valence-corrected chi connectivity index (χ4v) is 5.14. The maximum atomic E-state index is 13.2. The molecule has 0 saturated carbocycles. The Bertz CT molecular complexity index is 969. The molecule has 0 aromatic heterocycles. The predicted molar refractivity (Wildman–Crippen MR) is 125 cm³/mol. The van der Waals surface area contributed by atoms with Gasteiger partial charge in [-0.25, -0.2) is 13.1 Å². The molecule has 7 nitrogen and oxygen atoms in total. The van der Waals surface area contributed by atoms with Crippen molar-refractivity contribution in [2.45, 2.75) is 17.9 Å². The second-order valence-electron chi connectivity index (χ2n) is 8.35. The highest BCUT2D eigenvalue weighted by molar-refractivity contribution is 7.89. The van der Waals surface area contributed by atoms with Gasteiger partial charge in [0.25, 0.3) is 0 Å². The number of anilines is 1. The fraction of sp³-hybridized carbons (Fsp3) is 0.478. The summed E-state index contributed by atoms with van der Waals surface area (Å²) in [6.45, 7) is 5.88. The first kappa shape index (κ1) is 23.5. The average molecular weight is 447 g/mol. The minimum atomic E-state index is -3.72. The molecule has 1 N–H and O–H groups in total. The Labute approximate surface area is 186 Å². The predicted octanol–water partition coefficient (Wildman–Crippen LogP) is 2.34. The highest BCUT2D eigenvalue weighted by Crippen LogP contribution is 2.27. The van der Waals surface area contributed by atoms with Gasteiger partial charge in [0.15, 0.2) is 0 Å². The lowest BCUT2D eigenvalue weighted by atomic mass is 10.0. The van der Waals surface area contributed by atoms with E-state index in [2.05, 4.69) is 50.7 Å². The highest BCUT2D eigenvalue weighted by Gasteiger charge is 2.27. The van der Waals surface area contributed by atoms with E-state index in [1.807, 2.05) is 27.1 Å². The zero-order valence-electron chi connectivity index (χ0n) is 19.1. The minimum Gasteiger partial charge on any atom is -0.495 e. The van der Waals surface area contributed by atoms with Crippen LogP contribution in [-0.2, 0) is 10.0 Å². The molecule has 3 rings (SSSR count). The van der Waals surface area contributed by atoms with E-state index in [1.54, 1.807) is 12.1 Å². The number of rotatable bonds is 8. The fourth-order valence-electron chi connectivity index (χ4n) is 3.85. The Morgan fingerprint density at radius 3 is 2.29 bits per heavy atom. The number of nitrogens with one attached hydrogen (secondary N) is 1. The summed E-state index contributed by atoms with van der Waals surface area (Å²) in [6, 6.07) is 13.5. The Kier molecular flexibility index (Phi) is 7.59. The van der Waals surface area contributed by atoms with Gasteiger partial charge in [-0.2, -0.15) is 0 Å². The van der Waals surface area contributed by atoms with Gasteiger partial charge >= 0.3 is 0 Å². The molecule has 0 aliphatic carbocycles. The van der Waals surface area contributed by atoms with Crippen molar-refractivity contribution in [2.24, 2.45) is 0 Å². The molecule has 1 unspecified atom stereocenters. The minimum absolute atomic E-state index is 0.0458. The molecular formula is C23H34N4O3S. The summed E-state index contributed by atoms with van der Waals surface area (Å²) in [4.78, 5) is 6.89. The summed E-state index contributed by atoms with van der Waals surface area (Å²) in [5.41, 5.74) is 3.09. The van der Waals surface area contributed by atoms with E-state index in [0.29, 0.717) is 12.3 Å². The van der Waals surface area contributed by atoms with Crippen LogP contribution in [0.15, 0.2) is 47.4 Å². The van der Waals surface area contributed by atoms with E-state index in [-0.39, 0.29) is 10.9 Å². The molecule has 0 radical (unpaired) electrons. The van der Waals surface area contributed by atoms with Crippen LogP contribution in [0.25, 0.3) is 0 Å². The molecule has 8 heteroatoms. The molecule has 0 amide bonds. The first-order valence-electron chi connectivity index (χ1n) is 10.6. The number of methoxy groups -OCH3 is 1. The van der Waals surface area contributed by atoms with E-state index < -0.39 is 10.0 Å². The Balaban J connectivity index is 1.85. The smallest absolute Gasteiger partial charge is 0.244 e. The second kappa shape index (κ2) is 9.99. The van der Waals surface area contributed by atoms with E-state index >= 15 is 0 Å². The van der Waals surface area contributed by atoms with Crippen LogP contribution in [0.2, 0.25) is 0 Å². The number of hydrogen-bond acceptors (Lipinski definition) is 6. The molecule has 2 aromatic rings. The first-order valence-corrected chi connectivity index (χ1v) is 12.0. The molecule has 0 spiro atoms. The lowest BCUT2D eigenvalue weighted by Gasteiger charge is -2.38. The van der Waals surface area contributed by atoms with Crippen LogP contribution in [0.5, 0.6) is 5.75 Å². The number of hydrogen-bond donors (Lipinski definition) is 1. The monoisotopic (exact) mass is 446 g/mol. The first-order chi connectivity index (χ1) is 14.7. The van der Waals surface area contributed by atoms with Crippen LogP contribution < -0.4 is 14.4 Å². The molecule has 1 atom stereocenters. The van der Waals surface area contributed by atoms with Gasteiger partial charge in [-0.15, -0.1) is 0 Å². The maximum Gasteiger partial charge on any atom is 0.244 e. The number of benzene rings is 2. The van der Waals surface area contributed by atoms with Crippen molar-refractivity contribution in [3.05, 3.63) is 53.6 Å². The van der Waals surface area contributed by atoms with Crippen LogP contribution in [-0.4, -0.2) is 79.2 Å². The summed E-state index contributed by atoms with van der Waals surface area (Å²) in [7, 11) is 3.91. The molecule has 1 aliphatic heterocycles. The molecular weight excluding hydrogens is 412 g/mol. The number of nitrogens with zero attached hydrogens (tertiary/aromatic N) is 3. The van der Waals surface area contributed by atoms with Crippen molar-refractivity contribution in [1.82, 2.24) is 14.5 Å². The van der Waals surface area contributed by atoms with Crippen molar-refractivity contribution in [3.63, 3.8) is 0 Å². The molecule has 1 heterocycles. The zero-order chi connectivity index (χ0) is 22.6. The molecule has 1 aliphatic rings. The van der Waals surface area contributed by atoms with E-state index in [4.69, 9.17) is 4.74 Å². The van der Waals surface area contributed by atoms with Crippen LogP contribution >= 0.6 is 0 Å². The van der Waals surface area contributed by atoms with Gasteiger partial charge in [0.1, 0.15) is 10.6 Å². The Morgan fingerprint density at radius 1 is 1.06 bits per heavy atom. The number of sulfonamides is 1. The van der Waals surface area contributed by atoms with Gasteiger partial charge in [-0.3, -0.25) is 4.90 Å². The quantitative estimate of drug-likeness (QED) is 0.672. The van der Waals surface area contributed by atoms with Gasteiger partial charge in [0.2, 0.25) is 10.0 Å². The van der Waals surface area contributed by atoms with Crippen molar-refractivity contribution in [3.8, 4) is 5.75 Å². The summed E-state index contributed by atoms with van der Waals surface area (Å²) in [5.74, 6) is 0.351. The van der Waals surface area contributed by atoms with Crippen LogP contribution in [0.4, 0.5) is 5.69 Å². The molecule has 2 aromatic carbocycles. The number of piperazine rings is 1. The molecule has 1 saturated heterocycles. The summed E-state index contributed by atoms with van der Waals surface area (Å²) < 4.78 is 34.5. The summed E-state index contributed by atoms with van der Waals surface area (Å²) in [5, 5.41) is 0.